The van der Waals surface area contributed by atoms with Crippen LogP contribution in [-0.4, -0.2) is 28.9 Å². The number of ether oxygens (including phenoxy) is 2. The fourth-order valence-electron chi connectivity index (χ4n) is 2.85. The Morgan fingerprint density at radius 1 is 1.07 bits per heavy atom. The predicted molar refractivity (Wildman–Crippen MR) is 111 cm³/mol. The Hall–Kier alpha value is -2.76. The molecule has 0 saturated heterocycles. The topological polar surface area (TPSA) is 65.4 Å². The van der Waals surface area contributed by atoms with Gasteiger partial charge in [-0.3, -0.25) is 4.79 Å². The van der Waals surface area contributed by atoms with E-state index in [1.54, 1.807) is 6.08 Å². The lowest BCUT2D eigenvalue weighted by Gasteiger charge is -2.22. The molecule has 1 aromatic heterocycles. The number of nitrogens with one attached hydrogen (secondary N) is 1. The maximum atomic E-state index is 12.5. The molecule has 1 amide bonds. The molecule has 3 rings (SSSR count). The highest BCUT2D eigenvalue weighted by molar-refractivity contribution is 6.01. The number of anilines is 1. The van der Waals surface area contributed by atoms with Gasteiger partial charge >= 0.3 is 0 Å². The summed E-state index contributed by atoms with van der Waals surface area (Å²) in [5.74, 6) is 1.92. The average molecular weight is 383 g/mol. The molecule has 28 heavy (non-hydrogen) atoms. The largest absolute Gasteiger partial charge is 0.486 e. The van der Waals surface area contributed by atoms with E-state index in [2.05, 4.69) is 46.9 Å². The van der Waals surface area contributed by atoms with Crippen LogP contribution in [0.4, 0.5) is 5.82 Å². The van der Waals surface area contributed by atoms with Gasteiger partial charge in [0.1, 0.15) is 19.0 Å². The Balaban J connectivity index is 1.77. The van der Waals surface area contributed by atoms with Gasteiger partial charge in [-0.1, -0.05) is 26.8 Å². The zero-order valence-electron chi connectivity index (χ0n) is 17.5. The minimum Gasteiger partial charge on any atom is -0.486 e. The van der Waals surface area contributed by atoms with Crippen LogP contribution < -0.4 is 14.8 Å². The summed E-state index contributed by atoms with van der Waals surface area (Å²) in [6, 6.07) is 7.57. The summed E-state index contributed by atoms with van der Waals surface area (Å²) in [7, 11) is 0. The molecular formula is C22H29N3O3. The molecule has 150 valence electrons. The fourth-order valence-corrected chi connectivity index (χ4v) is 2.85. The van der Waals surface area contributed by atoms with Gasteiger partial charge in [-0.25, -0.2) is 4.68 Å². The number of amides is 1. The van der Waals surface area contributed by atoms with E-state index in [9.17, 15) is 4.79 Å². The van der Waals surface area contributed by atoms with Crippen molar-refractivity contribution in [2.75, 3.05) is 18.5 Å². The maximum absolute atomic E-state index is 12.5. The highest BCUT2D eigenvalue weighted by atomic mass is 16.6. The molecule has 0 bridgehead atoms. The summed E-state index contributed by atoms with van der Waals surface area (Å²) >= 11 is 0. The molecule has 0 aliphatic carbocycles. The third kappa shape index (κ3) is 4.55. The second-order valence-corrected chi connectivity index (χ2v) is 8.97. The number of benzene rings is 1. The summed E-state index contributed by atoms with van der Waals surface area (Å²) in [6.45, 7) is 13.6. The molecule has 0 spiro atoms. The smallest absolute Gasteiger partial charge is 0.249 e. The SMILES string of the molecule is CC(C)(C)c1cc(NC(=O)/C=C/c2ccc3c(c2)OCCO3)n(C(C)(C)C)n1. The molecule has 6 heteroatoms. The second kappa shape index (κ2) is 7.34. The van der Waals surface area contributed by atoms with E-state index in [1.807, 2.05) is 28.9 Å². The van der Waals surface area contributed by atoms with Crippen LogP contribution >= 0.6 is 0 Å². The normalized spacial score (nSPS) is 14.4. The molecule has 1 aliphatic rings. The van der Waals surface area contributed by atoms with Gasteiger partial charge in [0, 0.05) is 17.6 Å². The van der Waals surface area contributed by atoms with Gasteiger partial charge in [-0.2, -0.15) is 5.10 Å². The summed E-state index contributed by atoms with van der Waals surface area (Å²) in [5.41, 5.74) is 1.47. The van der Waals surface area contributed by atoms with Crippen molar-refractivity contribution in [3.63, 3.8) is 0 Å². The van der Waals surface area contributed by atoms with Crippen LogP contribution in [-0.2, 0) is 15.7 Å². The number of carbonyl (C=O) groups is 1. The minimum absolute atomic E-state index is 0.100. The zero-order chi connectivity index (χ0) is 20.5. The first-order valence-electron chi connectivity index (χ1n) is 9.54. The number of rotatable bonds is 3. The first kappa shape index (κ1) is 20.0. The molecule has 6 nitrogen and oxygen atoms in total. The Morgan fingerprint density at radius 2 is 1.75 bits per heavy atom. The van der Waals surface area contributed by atoms with Gasteiger partial charge in [0.25, 0.3) is 0 Å². The molecule has 1 N–H and O–H groups in total. The standard InChI is InChI=1S/C22H29N3O3/c1-21(2,3)18-14-19(25(24-18)22(4,5)6)23-20(26)10-8-15-7-9-16-17(13-15)28-12-11-27-16/h7-10,13-14H,11-12H2,1-6H3,(H,23,26)/b10-8+. The summed E-state index contributed by atoms with van der Waals surface area (Å²) in [6.07, 6.45) is 3.28. The van der Waals surface area contributed by atoms with Crippen LogP contribution in [0.15, 0.2) is 30.3 Å². The number of carbonyl (C=O) groups excluding carboxylic acids is 1. The first-order valence-corrected chi connectivity index (χ1v) is 9.54. The van der Waals surface area contributed by atoms with E-state index in [4.69, 9.17) is 14.6 Å². The Labute approximate surface area is 166 Å². The van der Waals surface area contributed by atoms with E-state index >= 15 is 0 Å². The lowest BCUT2D eigenvalue weighted by Crippen LogP contribution is -2.27. The molecule has 2 aromatic rings. The fraction of sp³-hybridized carbons (Fsp3) is 0.455. The van der Waals surface area contributed by atoms with Crippen molar-refractivity contribution in [2.45, 2.75) is 52.5 Å². The highest BCUT2D eigenvalue weighted by Crippen LogP contribution is 2.31. The van der Waals surface area contributed by atoms with Crippen molar-refractivity contribution in [1.82, 2.24) is 9.78 Å². The molecule has 2 heterocycles. The quantitative estimate of drug-likeness (QED) is 0.800. The summed E-state index contributed by atoms with van der Waals surface area (Å²) in [5, 5.41) is 7.68. The number of hydrogen-bond donors (Lipinski definition) is 1. The van der Waals surface area contributed by atoms with Crippen molar-refractivity contribution in [3.8, 4) is 11.5 Å². The molecule has 0 unspecified atom stereocenters. The van der Waals surface area contributed by atoms with Crippen LogP contribution in [0.1, 0.15) is 52.8 Å². The monoisotopic (exact) mass is 383 g/mol. The molecule has 0 fully saturated rings. The van der Waals surface area contributed by atoms with Gasteiger partial charge in [-0.05, 0) is 44.5 Å². The van der Waals surface area contributed by atoms with Crippen LogP contribution in [0.5, 0.6) is 11.5 Å². The van der Waals surface area contributed by atoms with E-state index in [-0.39, 0.29) is 16.9 Å². The molecule has 1 aromatic carbocycles. The number of hydrogen-bond acceptors (Lipinski definition) is 4. The second-order valence-electron chi connectivity index (χ2n) is 8.97. The summed E-state index contributed by atoms with van der Waals surface area (Å²) in [4.78, 5) is 12.5. The highest BCUT2D eigenvalue weighted by Gasteiger charge is 2.25. The van der Waals surface area contributed by atoms with Crippen molar-refractivity contribution in [1.29, 1.82) is 0 Å². The van der Waals surface area contributed by atoms with Gasteiger partial charge < -0.3 is 14.8 Å². The predicted octanol–water partition coefficient (Wildman–Crippen LogP) is 4.36. The maximum Gasteiger partial charge on any atom is 0.249 e. The lowest BCUT2D eigenvalue weighted by molar-refractivity contribution is -0.111. The number of aromatic nitrogens is 2. The van der Waals surface area contributed by atoms with Gasteiger partial charge in [-0.15, -0.1) is 0 Å². The van der Waals surface area contributed by atoms with Crippen LogP contribution in [0.25, 0.3) is 6.08 Å². The molecule has 0 radical (unpaired) electrons. The first-order chi connectivity index (χ1) is 13.0. The van der Waals surface area contributed by atoms with E-state index in [1.165, 1.54) is 6.08 Å². The van der Waals surface area contributed by atoms with E-state index in [0.717, 1.165) is 17.0 Å². The zero-order valence-corrected chi connectivity index (χ0v) is 17.5. The Kier molecular flexibility index (Phi) is 5.24. The minimum atomic E-state index is -0.244. The lowest BCUT2D eigenvalue weighted by atomic mass is 9.92. The number of nitrogens with zero attached hydrogens (tertiary/aromatic N) is 2. The third-order valence-corrected chi connectivity index (χ3v) is 4.36. The van der Waals surface area contributed by atoms with E-state index in [0.29, 0.717) is 24.8 Å². The molecule has 0 saturated carbocycles. The van der Waals surface area contributed by atoms with Gasteiger partial charge in [0.2, 0.25) is 5.91 Å². The third-order valence-electron chi connectivity index (χ3n) is 4.36. The number of fused-ring (bicyclic) bond motifs is 1. The van der Waals surface area contributed by atoms with E-state index < -0.39 is 0 Å². The average Bonchev–Trinajstić information content (AvgIpc) is 3.04. The van der Waals surface area contributed by atoms with Gasteiger partial charge in [0.15, 0.2) is 11.5 Å². The van der Waals surface area contributed by atoms with Crippen molar-refractivity contribution in [2.24, 2.45) is 0 Å². The summed E-state index contributed by atoms with van der Waals surface area (Å²) < 4.78 is 13.0. The molecule has 1 aliphatic heterocycles. The van der Waals surface area contributed by atoms with Crippen LogP contribution in [0.2, 0.25) is 0 Å². The van der Waals surface area contributed by atoms with Gasteiger partial charge in [0.05, 0.1) is 11.2 Å². The van der Waals surface area contributed by atoms with Crippen molar-refractivity contribution >= 4 is 17.8 Å². The molecular weight excluding hydrogens is 354 g/mol. The Morgan fingerprint density at radius 3 is 2.39 bits per heavy atom. The Bertz CT molecular complexity index is 899. The van der Waals surface area contributed by atoms with Crippen LogP contribution in [0.3, 0.4) is 0 Å². The molecule has 0 atom stereocenters. The van der Waals surface area contributed by atoms with Crippen LogP contribution in [0, 0.1) is 0 Å². The van der Waals surface area contributed by atoms with Crippen molar-refractivity contribution in [3.05, 3.63) is 41.6 Å². The van der Waals surface area contributed by atoms with Crippen molar-refractivity contribution < 1.29 is 14.3 Å².